The van der Waals surface area contributed by atoms with Gasteiger partial charge in [-0.25, -0.2) is 4.39 Å². The Morgan fingerprint density at radius 3 is 2.69 bits per heavy atom. The summed E-state index contributed by atoms with van der Waals surface area (Å²) >= 11 is 2.91. The Hall–Kier alpha value is -1.10. The van der Waals surface area contributed by atoms with Gasteiger partial charge < -0.3 is 10.2 Å². The van der Waals surface area contributed by atoms with Crippen LogP contribution in [-0.2, 0) is 11.2 Å². The highest BCUT2D eigenvalue weighted by molar-refractivity contribution is 9.10. The van der Waals surface area contributed by atoms with E-state index < -0.39 is 18.2 Å². The Bertz CT molecular complexity index is 351. The van der Waals surface area contributed by atoms with Crippen LogP contribution in [0.15, 0.2) is 16.6 Å². The fraction of sp³-hybridized carbons (Fsp3) is 0.125. The van der Waals surface area contributed by atoms with E-state index in [1.54, 1.807) is 0 Å². The zero-order valence-corrected chi connectivity index (χ0v) is 8.01. The first-order chi connectivity index (χ1) is 6.02. The van der Waals surface area contributed by atoms with E-state index in [2.05, 4.69) is 15.9 Å². The summed E-state index contributed by atoms with van der Waals surface area (Å²) in [5.74, 6) is -1.96. The monoisotopic (exact) mass is 248 g/mol. The molecule has 0 saturated carbocycles. The molecule has 0 radical (unpaired) electrons. The number of aliphatic carboxylic acids is 1. The van der Waals surface area contributed by atoms with Crippen LogP contribution < -0.4 is 0 Å². The van der Waals surface area contributed by atoms with Gasteiger partial charge in [-0.1, -0.05) is 0 Å². The summed E-state index contributed by atoms with van der Waals surface area (Å²) in [5, 5.41) is 17.6. The third-order valence-corrected chi connectivity index (χ3v) is 2.38. The summed E-state index contributed by atoms with van der Waals surface area (Å²) in [6, 6.07) is 2.18. The van der Waals surface area contributed by atoms with E-state index in [-0.39, 0.29) is 15.8 Å². The van der Waals surface area contributed by atoms with Crippen LogP contribution in [0.5, 0.6) is 5.75 Å². The molecule has 0 heterocycles. The molecule has 13 heavy (non-hydrogen) atoms. The third kappa shape index (κ3) is 2.18. The summed E-state index contributed by atoms with van der Waals surface area (Å²) in [4.78, 5) is 10.3. The minimum absolute atomic E-state index is 0.0486. The van der Waals surface area contributed by atoms with Crippen LogP contribution in [-0.4, -0.2) is 16.2 Å². The number of hydrogen-bond donors (Lipinski definition) is 2. The highest BCUT2D eigenvalue weighted by Crippen LogP contribution is 2.29. The van der Waals surface area contributed by atoms with Crippen molar-refractivity contribution in [1.82, 2.24) is 0 Å². The minimum atomic E-state index is -1.15. The van der Waals surface area contributed by atoms with Gasteiger partial charge in [0.15, 0.2) is 0 Å². The first kappa shape index (κ1) is 9.98. The number of halogens is 2. The highest BCUT2D eigenvalue weighted by Gasteiger charge is 2.13. The normalized spacial score (nSPS) is 10.0. The summed E-state index contributed by atoms with van der Waals surface area (Å²) < 4.78 is 13.1. The van der Waals surface area contributed by atoms with E-state index in [9.17, 15) is 9.18 Å². The van der Waals surface area contributed by atoms with E-state index >= 15 is 0 Å². The molecule has 0 spiro atoms. The number of carbonyl (C=O) groups is 1. The molecule has 0 unspecified atom stereocenters. The maximum Gasteiger partial charge on any atom is 0.307 e. The van der Waals surface area contributed by atoms with E-state index in [1.165, 1.54) is 0 Å². The van der Waals surface area contributed by atoms with E-state index in [0.717, 1.165) is 12.1 Å². The maximum atomic E-state index is 13.0. The fourth-order valence-electron chi connectivity index (χ4n) is 0.899. The van der Waals surface area contributed by atoms with Crippen molar-refractivity contribution in [2.24, 2.45) is 0 Å². The van der Waals surface area contributed by atoms with Crippen molar-refractivity contribution in [1.29, 1.82) is 0 Å². The van der Waals surface area contributed by atoms with Crippen molar-refractivity contribution in [3.63, 3.8) is 0 Å². The smallest absolute Gasteiger partial charge is 0.307 e. The molecule has 0 saturated heterocycles. The van der Waals surface area contributed by atoms with Crippen molar-refractivity contribution < 1.29 is 19.4 Å². The predicted molar refractivity (Wildman–Crippen MR) is 47.1 cm³/mol. The molecule has 1 rings (SSSR count). The topological polar surface area (TPSA) is 57.5 Å². The average Bonchev–Trinajstić information content (AvgIpc) is 2.05. The molecule has 1 aromatic rings. The second-order valence-electron chi connectivity index (χ2n) is 2.43. The molecule has 1 aromatic carbocycles. The lowest BCUT2D eigenvalue weighted by molar-refractivity contribution is -0.136. The molecule has 3 nitrogen and oxygen atoms in total. The zero-order chi connectivity index (χ0) is 10.0. The molecule has 70 valence electrons. The number of carboxylic acid groups (broad SMARTS) is 1. The van der Waals surface area contributed by atoms with Gasteiger partial charge in [0.05, 0.1) is 10.9 Å². The lowest BCUT2D eigenvalue weighted by atomic mass is 10.1. The molecule has 0 bridgehead atoms. The van der Waals surface area contributed by atoms with Gasteiger partial charge >= 0.3 is 5.97 Å². The summed E-state index contributed by atoms with van der Waals surface area (Å²) in [5.41, 5.74) is -0.0486. The van der Waals surface area contributed by atoms with E-state index in [1.807, 2.05) is 0 Å². The molecule has 5 heteroatoms. The molecular formula is C8H6BrFO3. The number of phenolic OH excluding ortho intramolecular Hbond substituents is 1. The van der Waals surface area contributed by atoms with Crippen LogP contribution in [0.3, 0.4) is 0 Å². The van der Waals surface area contributed by atoms with Crippen LogP contribution in [0.2, 0.25) is 0 Å². The highest BCUT2D eigenvalue weighted by atomic mass is 79.9. The van der Waals surface area contributed by atoms with Gasteiger partial charge in [0, 0.05) is 5.56 Å². The van der Waals surface area contributed by atoms with Crippen LogP contribution in [0, 0.1) is 5.82 Å². The largest absolute Gasteiger partial charge is 0.507 e. The first-order valence-corrected chi connectivity index (χ1v) is 4.19. The lowest BCUT2D eigenvalue weighted by Crippen LogP contribution is -2.03. The molecular weight excluding hydrogens is 243 g/mol. The summed E-state index contributed by atoms with van der Waals surface area (Å²) in [7, 11) is 0. The minimum Gasteiger partial charge on any atom is -0.507 e. The number of rotatable bonds is 2. The number of carboxylic acids is 1. The van der Waals surface area contributed by atoms with Gasteiger partial charge in [0.1, 0.15) is 11.6 Å². The quantitative estimate of drug-likeness (QED) is 0.841. The molecule has 2 N–H and O–H groups in total. The Labute approximate surface area is 81.9 Å². The van der Waals surface area contributed by atoms with Gasteiger partial charge in [0.2, 0.25) is 0 Å². The van der Waals surface area contributed by atoms with Crippen LogP contribution in [0.4, 0.5) is 4.39 Å². The maximum absolute atomic E-state index is 13.0. The number of aromatic hydroxyl groups is 1. The van der Waals surface area contributed by atoms with Gasteiger partial charge in [-0.3, -0.25) is 4.79 Å². The van der Waals surface area contributed by atoms with Gasteiger partial charge in [0.25, 0.3) is 0 Å². The van der Waals surface area contributed by atoms with Crippen molar-refractivity contribution in [2.75, 3.05) is 0 Å². The number of hydrogen-bond acceptors (Lipinski definition) is 2. The Balaban J connectivity index is 3.17. The molecule has 0 aliphatic rings. The van der Waals surface area contributed by atoms with Gasteiger partial charge in [-0.15, -0.1) is 0 Å². The second kappa shape index (κ2) is 3.74. The molecule has 0 amide bonds. The first-order valence-electron chi connectivity index (χ1n) is 3.40. The standard InChI is InChI=1S/C8H6BrFO3/c9-8-4(3-7(12)13)5(10)1-2-6(8)11/h1-2,11H,3H2,(H,12,13). The van der Waals surface area contributed by atoms with Gasteiger partial charge in [-0.05, 0) is 28.1 Å². The van der Waals surface area contributed by atoms with Crippen molar-refractivity contribution >= 4 is 21.9 Å². The average molecular weight is 249 g/mol. The van der Waals surface area contributed by atoms with E-state index in [4.69, 9.17) is 10.2 Å². The van der Waals surface area contributed by atoms with Crippen molar-refractivity contribution in [3.8, 4) is 5.75 Å². The van der Waals surface area contributed by atoms with Gasteiger partial charge in [-0.2, -0.15) is 0 Å². The van der Waals surface area contributed by atoms with Crippen LogP contribution >= 0.6 is 15.9 Å². The predicted octanol–water partition coefficient (Wildman–Crippen LogP) is 1.92. The lowest BCUT2D eigenvalue weighted by Gasteiger charge is -2.04. The third-order valence-electron chi connectivity index (χ3n) is 1.49. The Morgan fingerprint density at radius 1 is 1.54 bits per heavy atom. The zero-order valence-electron chi connectivity index (χ0n) is 6.42. The van der Waals surface area contributed by atoms with Crippen molar-refractivity contribution in [2.45, 2.75) is 6.42 Å². The molecule has 0 aromatic heterocycles. The molecule has 0 fully saturated rings. The SMILES string of the molecule is O=C(O)Cc1c(F)ccc(O)c1Br. The number of phenols is 1. The fourth-order valence-corrected chi connectivity index (χ4v) is 1.36. The molecule has 0 aliphatic heterocycles. The second-order valence-corrected chi connectivity index (χ2v) is 3.22. The Morgan fingerprint density at radius 2 is 2.15 bits per heavy atom. The number of benzene rings is 1. The molecule has 0 atom stereocenters. The van der Waals surface area contributed by atoms with Crippen LogP contribution in [0.1, 0.15) is 5.56 Å². The van der Waals surface area contributed by atoms with Crippen LogP contribution in [0.25, 0.3) is 0 Å². The Kier molecular flexibility index (Phi) is 2.87. The van der Waals surface area contributed by atoms with Crippen molar-refractivity contribution in [3.05, 3.63) is 28.0 Å². The summed E-state index contributed by atoms with van der Waals surface area (Å²) in [6.45, 7) is 0. The molecule has 0 aliphatic carbocycles. The van der Waals surface area contributed by atoms with E-state index in [0.29, 0.717) is 0 Å². The summed E-state index contributed by atoms with van der Waals surface area (Å²) in [6.07, 6.45) is -0.458.